The lowest BCUT2D eigenvalue weighted by atomic mass is 9.76. The molecular weight excluding hydrogens is 148 g/mol. The minimum atomic E-state index is 0.360. The maximum Gasteiger partial charge on any atom is 0.139 e. The van der Waals surface area contributed by atoms with E-state index in [9.17, 15) is 4.79 Å². The summed E-state index contributed by atoms with van der Waals surface area (Å²) >= 11 is 0. The third-order valence-electron chi connectivity index (χ3n) is 4.25. The quantitative estimate of drug-likeness (QED) is 0.498. The van der Waals surface area contributed by atoms with Crippen LogP contribution in [0.3, 0.4) is 0 Å². The molecule has 3 aliphatic carbocycles. The van der Waals surface area contributed by atoms with E-state index in [1.807, 2.05) is 0 Å². The average Bonchev–Trinajstić information content (AvgIpc) is 2.63. The fraction of sp³-hybridized carbons (Fsp3) is 0.727. The molecule has 2 fully saturated rings. The van der Waals surface area contributed by atoms with Crippen molar-refractivity contribution in [2.45, 2.75) is 19.8 Å². The van der Waals surface area contributed by atoms with E-state index in [1.54, 1.807) is 0 Å². The highest BCUT2D eigenvalue weighted by atomic mass is 16.1. The normalized spacial score (nSPS) is 55.1. The molecule has 0 saturated heterocycles. The molecule has 0 aromatic heterocycles. The van der Waals surface area contributed by atoms with Crippen LogP contribution in [0.1, 0.15) is 19.8 Å². The molecule has 0 N–H and O–H groups in total. The maximum atomic E-state index is 11.7. The van der Waals surface area contributed by atoms with Gasteiger partial charge in [0.1, 0.15) is 5.78 Å². The number of hydrogen-bond donors (Lipinski definition) is 0. The molecule has 3 aliphatic rings. The number of hydrogen-bond acceptors (Lipinski definition) is 1. The third kappa shape index (κ3) is 0.596. The molecular formula is C11H14O. The fourth-order valence-corrected chi connectivity index (χ4v) is 3.62. The molecule has 0 aromatic rings. The van der Waals surface area contributed by atoms with Crippen LogP contribution in [0.15, 0.2) is 12.2 Å². The van der Waals surface area contributed by atoms with Crippen molar-refractivity contribution in [1.82, 2.24) is 0 Å². The summed E-state index contributed by atoms with van der Waals surface area (Å²) < 4.78 is 0. The van der Waals surface area contributed by atoms with Crippen LogP contribution >= 0.6 is 0 Å². The van der Waals surface area contributed by atoms with Crippen molar-refractivity contribution in [3.63, 3.8) is 0 Å². The summed E-state index contributed by atoms with van der Waals surface area (Å²) in [6, 6.07) is 0. The number of carbonyl (C=O) groups excluding carboxylic acids is 1. The van der Waals surface area contributed by atoms with Gasteiger partial charge in [0, 0.05) is 11.8 Å². The smallest absolute Gasteiger partial charge is 0.139 e. The summed E-state index contributed by atoms with van der Waals surface area (Å²) in [7, 11) is 0. The van der Waals surface area contributed by atoms with Crippen LogP contribution in [-0.4, -0.2) is 5.78 Å². The van der Waals surface area contributed by atoms with Crippen LogP contribution in [0.25, 0.3) is 0 Å². The van der Waals surface area contributed by atoms with Gasteiger partial charge in [0.05, 0.1) is 0 Å². The lowest BCUT2D eigenvalue weighted by molar-refractivity contribution is -0.127. The first-order chi connectivity index (χ1) is 5.79. The summed E-state index contributed by atoms with van der Waals surface area (Å²) in [5.74, 6) is 3.53. The second-order valence-electron chi connectivity index (χ2n) is 4.60. The van der Waals surface area contributed by atoms with Gasteiger partial charge in [-0.15, -0.1) is 0 Å². The van der Waals surface area contributed by atoms with Gasteiger partial charge >= 0.3 is 0 Å². The summed E-state index contributed by atoms with van der Waals surface area (Å²) in [6.45, 7) is 2.12. The molecule has 2 saturated carbocycles. The average molecular weight is 162 g/mol. The molecule has 0 aromatic carbocycles. The number of Topliss-reactive ketones (excluding diaryl/α,β-unsaturated/α-hetero) is 1. The molecule has 1 heteroatoms. The van der Waals surface area contributed by atoms with Crippen molar-refractivity contribution >= 4 is 5.78 Å². The van der Waals surface area contributed by atoms with Crippen LogP contribution in [0, 0.1) is 29.6 Å². The van der Waals surface area contributed by atoms with Crippen molar-refractivity contribution in [2.75, 3.05) is 0 Å². The highest BCUT2D eigenvalue weighted by Crippen LogP contribution is 2.56. The molecule has 64 valence electrons. The second kappa shape index (κ2) is 2.01. The summed E-state index contributed by atoms with van der Waals surface area (Å²) in [5.41, 5.74) is 0. The first-order valence-corrected chi connectivity index (χ1v) is 4.99. The Bertz CT molecular complexity index is 266. The van der Waals surface area contributed by atoms with Crippen molar-refractivity contribution < 1.29 is 4.79 Å². The Labute approximate surface area is 72.8 Å². The first kappa shape index (κ1) is 6.88. The van der Waals surface area contributed by atoms with E-state index in [2.05, 4.69) is 19.1 Å². The van der Waals surface area contributed by atoms with Crippen LogP contribution in [0.4, 0.5) is 0 Å². The SMILES string of the molecule is C[C@@H]1C(=O)[C@@H]2C[C@H]1[C@H]1C=CC[C@H]12. The van der Waals surface area contributed by atoms with Gasteiger partial charge in [-0.3, -0.25) is 4.79 Å². The highest BCUT2D eigenvalue weighted by molar-refractivity contribution is 5.87. The Kier molecular flexibility index (Phi) is 1.15. The molecule has 0 radical (unpaired) electrons. The number of carbonyl (C=O) groups is 1. The molecule has 0 unspecified atom stereocenters. The Balaban J connectivity index is 2.00. The van der Waals surface area contributed by atoms with E-state index in [1.165, 1.54) is 12.8 Å². The third-order valence-corrected chi connectivity index (χ3v) is 4.25. The number of fused-ring (bicyclic) bond motifs is 5. The molecule has 0 aliphatic heterocycles. The van der Waals surface area contributed by atoms with Gasteiger partial charge in [-0.25, -0.2) is 0 Å². The number of ketones is 1. The summed E-state index contributed by atoms with van der Waals surface area (Å²) in [5, 5.41) is 0. The van der Waals surface area contributed by atoms with E-state index < -0.39 is 0 Å². The molecule has 0 amide bonds. The van der Waals surface area contributed by atoms with Crippen LogP contribution in [-0.2, 0) is 4.79 Å². The molecule has 0 heterocycles. The Morgan fingerprint density at radius 2 is 2.25 bits per heavy atom. The summed E-state index contributed by atoms with van der Waals surface area (Å²) in [4.78, 5) is 11.7. The topological polar surface area (TPSA) is 17.1 Å². The van der Waals surface area contributed by atoms with E-state index in [0.717, 1.165) is 5.92 Å². The van der Waals surface area contributed by atoms with Crippen molar-refractivity contribution in [2.24, 2.45) is 29.6 Å². The highest BCUT2D eigenvalue weighted by Gasteiger charge is 2.55. The van der Waals surface area contributed by atoms with Gasteiger partial charge < -0.3 is 0 Å². The lowest BCUT2D eigenvalue weighted by Crippen LogP contribution is -2.30. The van der Waals surface area contributed by atoms with E-state index in [4.69, 9.17) is 0 Å². The van der Waals surface area contributed by atoms with Gasteiger partial charge in [-0.05, 0) is 30.6 Å². The molecule has 1 nitrogen and oxygen atoms in total. The van der Waals surface area contributed by atoms with Gasteiger partial charge in [-0.2, -0.15) is 0 Å². The van der Waals surface area contributed by atoms with Crippen LogP contribution in [0.5, 0.6) is 0 Å². The Morgan fingerprint density at radius 1 is 1.42 bits per heavy atom. The monoisotopic (exact) mass is 162 g/mol. The minimum Gasteiger partial charge on any atom is -0.299 e. The largest absolute Gasteiger partial charge is 0.299 e. The van der Waals surface area contributed by atoms with Crippen molar-refractivity contribution in [3.05, 3.63) is 12.2 Å². The predicted molar refractivity (Wildman–Crippen MR) is 46.5 cm³/mol. The molecule has 3 rings (SSSR count). The molecule has 2 bridgehead atoms. The van der Waals surface area contributed by atoms with Crippen LogP contribution < -0.4 is 0 Å². The zero-order valence-corrected chi connectivity index (χ0v) is 7.36. The van der Waals surface area contributed by atoms with E-state index in [-0.39, 0.29) is 0 Å². The lowest BCUT2D eigenvalue weighted by Gasteiger charge is -2.27. The van der Waals surface area contributed by atoms with E-state index >= 15 is 0 Å². The Morgan fingerprint density at radius 3 is 3.08 bits per heavy atom. The van der Waals surface area contributed by atoms with Crippen molar-refractivity contribution in [3.8, 4) is 0 Å². The van der Waals surface area contributed by atoms with Crippen LogP contribution in [0.2, 0.25) is 0 Å². The number of allylic oxidation sites excluding steroid dienone is 2. The zero-order valence-electron chi connectivity index (χ0n) is 7.36. The minimum absolute atomic E-state index is 0.360. The fourth-order valence-electron chi connectivity index (χ4n) is 3.62. The first-order valence-electron chi connectivity index (χ1n) is 4.99. The van der Waals surface area contributed by atoms with Gasteiger partial charge in [0.15, 0.2) is 0 Å². The van der Waals surface area contributed by atoms with Gasteiger partial charge in [-0.1, -0.05) is 19.1 Å². The van der Waals surface area contributed by atoms with Gasteiger partial charge in [0.2, 0.25) is 0 Å². The Hall–Kier alpha value is -0.590. The van der Waals surface area contributed by atoms with Crippen molar-refractivity contribution in [1.29, 1.82) is 0 Å². The molecule has 0 spiro atoms. The predicted octanol–water partition coefficient (Wildman–Crippen LogP) is 2.03. The number of rotatable bonds is 0. The summed E-state index contributed by atoms with van der Waals surface area (Å²) in [6.07, 6.45) is 7.00. The maximum absolute atomic E-state index is 11.7. The molecule has 12 heavy (non-hydrogen) atoms. The van der Waals surface area contributed by atoms with Gasteiger partial charge in [0.25, 0.3) is 0 Å². The zero-order chi connectivity index (χ0) is 8.29. The molecule has 5 atom stereocenters. The standard InChI is InChI=1S/C11H14O/c1-6-9-5-10(11(6)12)8-4-2-3-7(8)9/h2-3,6-10H,4-5H2,1H3/t6-,7-,8+,9+,10+/m0/s1. The van der Waals surface area contributed by atoms with E-state index in [0.29, 0.717) is 29.5 Å². The second-order valence-corrected chi connectivity index (χ2v) is 4.60.